The first kappa shape index (κ1) is 8.97. The van der Waals surface area contributed by atoms with Crippen molar-refractivity contribution in [2.45, 2.75) is 31.8 Å². The molecule has 1 rings (SSSR count). The third-order valence-corrected chi connectivity index (χ3v) is 2.24. The molecular weight excluding hydrogens is 140 g/mol. The zero-order chi connectivity index (χ0) is 8.10. The Morgan fingerprint density at radius 1 is 1.73 bits per heavy atom. The van der Waals surface area contributed by atoms with Crippen molar-refractivity contribution in [3.63, 3.8) is 0 Å². The zero-order valence-electron chi connectivity index (χ0n) is 7.14. The summed E-state index contributed by atoms with van der Waals surface area (Å²) in [5.41, 5.74) is 0. The van der Waals surface area contributed by atoms with Crippen LogP contribution >= 0.6 is 0 Å². The van der Waals surface area contributed by atoms with Crippen molar-refractivity contribution >= 4 is 0 Å². The van der Waals surface area contributed by atoms with E-state index in [2.05, 4.69) is 17.6 Å². The molecule has 1 aliphatic rings. The average molecular weight is 158 g/mol. The van der Waals surface area contributed by atoms with Gasteiger partial charge in [-0.2, -0.15) is 0 Å². The molecule has 1 saturated heterocycles. The lowest BCUT2D eigenvalue weighted by molar-refractivity contribution is 0.229. The van der Waals surface area contributed by atoms with Crippen molar-refractivity contribution in [3.05, 3.63) is 0 Å². The molecule has 3 nitrogen and oxygen atoms in total. The van der Waals surface area contributed by atoms with Crippen LogP contribution < -0.4 is 10.6 Å². The van der Waals surface area contributed by atoms with Gasteiger partial charge >= 0.3 is 0 Å². The minimum Gasteiger partial charge on any atom is -0.395 e. The van der Waals surface area contributed by atoms with E-state index < -0.39 is 0 Å². The molecule has 0 aliphatic carbocycles. The van der Waals surface area contributed by atoms with Crippen molar-refractivity contribution in [1.29, 1.82) is 0 Å². The molecule has 0 saturated carbocycles. The van der Waals surface area contributed by atoms with E-state index in [9.17, 15) is 0 Å². The van der Waals surface area contributed by atoms with E-state index in [1.165, 1.54) is 6.42 Å². The quantitative estimate of drug-likeness (QED) is 0.527. The number of nitrogens with one attached hydrogen (secondary N) is 2. The van der Waals surface area contributed by atoms with E-state index >= 15 is 0 Å². The molecule has 1 aliphatic heterocycles. The summed E-state index contributed by atoms with van der Waals surface area (Å²) in [6, 6.07) is 0.868. The van der Waals surface area contributed by atoms with Gasteiger partial charge in [-0.05, 0) is 19.4 Å². The van der Waals surface area contributed by atoms with E-state index in [0.29, 0.717) is 12.1 Å². The predicted molar refractivity (Wildman–Crippen MR) is 45.6 cm³/mol. The van der Waals surface area contributed by atoms with Crippen LogP contribution in [0, 0.1) is 0 Å². The first-order valence-electron chi connectivity index (χ1n) is 4.44. The molecule has 11 heavy (non-hydrogen) atoms. The van der Waals surface area contributed by atoms with Crippen LogP contribution in [0.15, 0.2) is 0 Å². The van der Waals surface area contributed by atoms with Gasteiger partial charge < -0.3 is 15.7 Å². The van der Waals surface area contributed by atoms with Crippen LogP contribution in [0.2, 0.25) is 0 Å². The molecule has 0 spiro atoms. The highest BCUT2D eigenvalue weighted by atomic mass is 16.3. The zero-order valence-corrected chi connectivity index (χ0v) is 7.14. The van der Waals surface area contributed by atoms with Gasteiger partial charge in [0.05, 0.1) is 6.61 Å². The molecule has 66 valence electrons. The summed E-state index contributed by atoms with van der Waals surface area (Å²) in [4.78, 5) is 0. The maximum absolute atomic E-state index is 8.90. The molecule has 2 unspecified atom stereocenters. The Balaban J connectivity index is 2.16. The first-order chi connectivity index (χ1) is 5.36. The first-order valence-corrected chi connectivity index (χ1v) is 4.44. The normalized spacial score (nSPS) is 27.3. The van der Waals surface area contributed by atoms with E-state index in [0.717, 1.165) is 19.5 Å². The number of hydrogen-bond acceptors (Lipinski definition) is 3. The molecule has 0 radical (unpaired) electrons. The standard InChI is InChI=1S/C8H18N2O/c1-2-7(6-11)10-8-3-4-9-5-8/h7-11H,2-6H2,1H3. The molecule has 2 atom stereocenters. The Morgan fingerprint density at radius 3 is 3.00 bits per heavy atom. The smallest absolute Gasteiger partial charge is 0.0584 e. The van der Waals surface area contributed by atoms with Gasteiger partial charge in [0.15, 0.2) is 0 Å². The summed E-state index contributed by atoms with van der Waals surface area (Å²) in [5.74, 6) is 0. The molecule has 3 N–H and O–H groups in total. The third-order valence-electron chi connectivity index (χ3n) is 2.24. The van der Waals surface area contributed by atoms with E-state index in [4.69, 9.17) is 5.11 Å². The van der Waals surface area contributed by atoms with Gasteiger partial charge in [0.25, 0.3) is 0 Å². The SMILES string of the molecule is CCC(CO)NC1CCNC1. The lowest BCUT2D eigenvalue weighted by Crippen LogP contribution is -2.41. The number of aliphatic hydroxyl groups excluding tert-OH is 1. The minimum absolute atomic E-state index is 0.257. The van der Waals surface area contributed by atoms with Crippen LogP contribution in [-0.4, -0.2) is 36.9 Å². The Hall–Kier alpha value is -0.120. The van der Waals surface area contributed by atoms with Crippen molar-refractivity contribution in [1.82, 2.24) is 10.6 Å². The molecule has 0 aromatic carbocycles. The Morgan fingerprint density at radius 2 is 2.55 bits per heavy atom. The monoisotopic (exact) mass is 158 g/mol. The number of hydrogen-bond donors (Lipinski definition) is 3. The second kappa shape index (κ2) is 4.70. The third kappa shape index (κ3) is 2.77. The second-order valence-electron chi connectivity index (χ2n) is 3.14. The molecule has 0 aromatic heterocycles. The minimum atomic E-state index is 0.257. The predicted octanol–water partition coefficient (Wildman–Crippen LogP) is -0.291. The van der Waals surface area contributed by atoms with Gasteiger partial charge in [0.2, 0.25) is 0 Å². The van der Waals surface area contributed by atoms with Gasteiger partial charge in [-0.25, -0.2) is 0 Å². The molecular formula is C8H18N2O. The molecule has 0 bridgehead atoms. The second-order valence-corrected chi connectivity index (χ2v) is 3.14. The van der Waals surface area contributed by atoms with Crippen LogP contribution in [0.5, 0.6) is 0 Å². The fourth-order valence-corrected chi connectivity index (χ4v) is 1.43. The Bertz CT molecular complexity index is 98.3. The maximum Gasteiger partial charge on any atom is 0.0584 e. The number of aliphatic hydroxyl groups is 1. The van der Waals surface area contributed by atoms with Gasteiger partial charge in [-0.3, -0.25) is 0 Å². The van der Waals surface area contributed by atoms with Crippen molar-refractivity contribution < 1.29 is 5.11 Å². The van der Waals surface area contributed by atoms with Gasteiger partial charge in [0.1, 0.15) is 0 Å². The summed E-state index contributed by atoms with van der Waals surface area (Å²) >= 11 is 0. The van der Waals surface area contributed by atoms with Gasteiger partial charge in [-0.15, -0.1) is 0 Å². The van der Waals surface area contributed by atoms with Crippen LogP contribution in [0.4, 0.5) is 0 Å². The van der Waals surface area contributed by atoms with Crippen molar-refractivity contribution in [2.24, 2.45) is 0 Å². The van der Waals surface area contributed by atoms with Crippen molar-refractivity contribution in [2.75, 3.05) is 19.7 Å². The molecule has 1 fully saturated rings. The summed E-state index contributed by atoms with van der Waals surface area (Å²) in [6.45, 7) is 4.51. The highest BCUT2D eigenvalue weighted by molar-refractivity contribution is 4.80. The lowest BCUT2D eigenvalue weighted by atomic mass is 10.2. The lowest BCUT2D eigenvalue weighted by Gasteiger charge is -2.18. The van der Waals surface area contributed by atoms with Crippen LogP contribution in [0.1, 0.15) is 19.8 Å². The van der Waals surface area contributed by atoms with E-state index in [-0.39, 0.29) is 6.61 Å². The Kier molecular flexibility index (Phi) is 3.83. The Labute approximate surface area is 68.2 Å². The average Bonchev–Trinajstić information content (AvgIpc) is 2.52. The molecule has 1 heterocycles. The highest BCUT2D eigenvalue weighted by Gasteiger charge is 2.16. The van der Waals surface area contributed by atoms with Gasteiger partial charge in [-0.1, -0.05) is 6.92 Å². The topological polar surface area (TPSA) is 44.3 Å². The number of rotatable bonds is 4. The van der Waals surface area contributed by atoms with Crippen LogP contribution in [-0.2, 0) is 0 Å². The fourth-order valence-electron chi connectivity index (χ4n) is 1.43. The largest absolute Gasteiger partial charge is 0.395 e. The van der Waals surface area contributed by atoms with E-state index in [1.807, 2.05) is 0 Å². The van der Waals surface area contributed by atoms with E-state index in [1.54, 1.807) is 0 Å². The highest BCUT2D eigenvalue weighted by Crippen LogP contribution is 2.00. The molecule has 0 aromatic rings. The van der Waals surface area contributed by atoms with Gasteiger partial charge in [0, 0.05) is 18.6 Å². The maximum atomic E-state index is 8.90. The molecule has 0 amide bonds. The summed E-state index contributed by atoms with van der Waals surface area (Å²) in [7, 11) is 0. The summed E-state index contributed by atoms with van der Waals surface area (Å²) < 4.78 is 0. The van der Waals surface area contributed by atoms with Crippen LogP contribution in [0.3, 0.4) is 0 Å². The van der Waals surface area contributed by atoms with Crippen LogP contribution in [0.25, 0.3) is 0 Å². The summed E-state index contributed by atoms with van der Waals surface area (Å²) in [6.07, 6.45) is 2.20. The summed E-state index contributed by atoms with van der Waals surface area (Å²) in [5, 5.41) is 15.6. The molecule has 3 heteroatoms. The fraction of sp³-hybridized carbons (Fsp3) is 1.00. The van der Waals surface area contributed by atoms with Crippen molar-refractivity contribution in [3.8, 4) is 0 Å².